The van der Waals surface area contributed by atoms with Crippen molar-refractivity contribution in [2.24, 2.45) is 0 Å². The van der Waals surface area contributed by atoms with Gasteiger partial charge in [-0.25, -0.2) is 8.42 Å². The van der Waals surface area contributed by atoms with Gasteiger partial charge in [0.25, 0.3) is 0 Å². The number of carbonyl (C=O) groups excluding carboxylic acids is 2. The van der Waals surface area contributed by atoms with Crippen LogP contribution in [-0.4, -0.2) is 37.6 Å². The molecule has 0 amide bonds. The summed E-state index contributed by atoms with van der Waals surface area (Å²) in [4.78, 5) is 23.0. The second-order valence-corrected chi connectivity index (χ2v) is 7.49. The highest BCUT2D eigenvalue weighted by molar-refractivity contribution is 7.89. The van der Waals surface area contributed by atoms with E-state index in [1.807, 2.05) is 0 Å². The van der Waals surface area contributed by atoms with Crippen molar-refractivity contribution < 1.29 is 27.2 Å². The van der Waals surface area contributed by atoms with Crippen LogP contribution in [0.1, 0.15) is 36.4 Å². The van der Waals surface area contributed by atoms with E-state index in [9.17, 15) is 18.0 Å². The Balaban J connectivity index is 2.25. The number of hydrogen-bond donors (Lipinski definition) is 0. The van der Waals surface area contributed by atoms with Gasteiger partial charge in [0.15, 0.2) is 5.78 Å². The van der Waals surface area contributed by atoms with Gasteiger partial charge in [-0.05, 0) is 38.1 Å². The van der Waals surface area contributed by atoms with Gasteiger partial charge >= 0.3 is 5.97 Å². The van der Waals surface area contributed by atoms with E-state index in [4.69, 9.17) is 9.15 Å². The van der Waals surface area contributed by atoms with E-state index in [1.54, 1.807) is 19.1 Å². The van der Waals surface area contributed by atoms with Crippen LogP contribution >= 0.6 is 0 Å². The van der Waals surface area contributed by atoms with Crippen molar-refractivity contribution in [2.45, 2.75) is 31.7 Å². The third-order valence-corrected chi connectivity index (χ3v) is 5.54. The molecule has 0 N–H and O–H groups in total. The Bertz CT molecular complexity index is 840. The predicted octanol–water partition coefficient (Wildman–Crippen LogP) is 2.63. The van der Waals surface area contributed by atoms with E-state index in [2.05, 4.69) is 0 Å². The molecule has 0 fully saturated rings. The molecule has 0 aliphatic heterocycles. The van der Waals surface area contributed by atoms with Crippen molar-refractivity contribution in [3.8, 4) is 0 Å². The molecule has 0 atom stereocenters. The van der Waals surface area contributed by atoms with Gasteiger partial charge in [-0.2, -0.15) is 4.31 Å². The highest BCUT2D eigenvalue weighted by atomic mass is 32.2. The normalized spacial score (nSPS) is 11.5. The summed E-state index contributed by atoms with van der Waals surface area (Å²) >= 11 is 0. The van der Waals surface area contributed by atoms with Crippen LogP contribution < -0.4 is 0 Å². The van der Waals surface area contributed by atoms with Gasteiger partial charge in [0.05, 0.1) is 30.7 Å². The first-order valence-electron chi connectivity index (χ1n) is 8.13. The highest BCUT2D eigenvalue weighted by Gasteiger charge is 2.26. The minimum absolute atomic E-state index is 0.0107. The fourth-order valence-corrected chi connectivity index (χ4v) is 3.73. The lowest BCUT2D eigenvalue weighted by molar-refractivity contribution is -0.143. The minimum atomic E-state index is -3.88. The van der Waals surface area contributed by atoms with E-state index in [0.717, 1.165) is 4.31 Å². The number of benzene rings is 1. The fraction of sp³-hybridized carbons (Fsp3) is 0.333. The van der Waals surface area contributed by atoms with Crippen LogP contribution in [0.25, 0.3) is 0 Å². The van der Waals surface area contributed by atoms with Gasteiger partial charge < -0.3 is 9.15 Å². The molecule has 0 bridgehead atoms. The van der Waals surface area contributed by atoms with Crippen LogP contribution in [0.3, 0.4) is 0 Å². The van der Waals surface area contributed by atoms with Crippen molar-refractivity contribution in [1.29, 1.82) is 0 Å². The molecule has 8 heteroatoms. The number of ketones is 1. The van der Waals surface area contributed by atoms with Crippen molar-refractivity contribution in [3.05, 3.63) is 54.0 Å². The lowest BCUT2D eigenvalue weighted by atomic mass is 10.2. The third-order valence-electron chi connectivity index (χ3n) is 3.68. The van der Waals surface area contributed by atoms with Gasteiger partial charge in [-0.3, -0.25) is 9.59 Å². The number of Topliss-reactive ketones (excluding diaryl/α,β-unsaturated/α-hetero) is 1. The highest BCUT2D eigenvalue weighted by Crippen LogP contribution is 2.20. The summed E-state index contributed by atoms with van der Waals surface area (Å²) in [6.07, 6.45) is 1.38. The lowest BCUT2D eigenvalue weighted by Crippen LogP contribution is -2.33. The maximum absolute atomic E-state index is 13.0. The van der Waals surface area contributed by atoms with Gasteiger partial charge in [0.2, 0.25) is 10.0 Å². The summed E-state index contributed by atoms with van der Waals surface area (Å²) in [5, 5.41) is 0. The summed E-state index contributed by atoms with van der Waals surface area (Å²) in [7, 11) is -3.88. The summed E-state index contributed by atoms with van der Waals surface area (Å²) in [5.74, 6) is -0.166. The fourth-order valence-electron chi connectivity index (χ4n) is 2.32. The van der Waals surface area contributed by atoms with Crippen LogP contribution in [0.4, 0.5) is 0 Å². The van der Waals surface area contributed by atoms with E-state index < -0.39 is 16.0 Å². The Morgan fingerprint density at radius 3 is 2.38 bits per heavy atom. The Labute approximate surface area is 152 Å². The number of carbonyl (C=O) groups is 2. The van der Waals surface area contributed by atoms with E-state index in [0.29, 0.717) is 11.3 Å². The largest absolute Gasteiger partial charge is 0.468 e. The number of nitrogens with zero attached hydrogens (tertiary/aromatic N) is 1. The molecule has 0 saturated heterocycles. The predicted molar refractivity (Wildman–Crippen MR) is 94.0 cm³/mol. The van der Waals surface area contributed by atoms with Crippen LogP contribution in [0, 0.1) is 0 Å². The maximum Gasteiger partial charge on any atom is 0.307 e. The van der Waals surface area contributed by atoms with E-state index >= 15 is 0 Å². The first-order valence-corrected chi connectivity index (χ1v) is 9.57. The second-order valence-electron chi connectivity index (χ2n) is 5.55. The number of esters is 1. The zero-order chi connectivity index (χ0) is 19.2. The molecular formula is C18H21NO6S. The second kappa shape index (κ2) is 8.77. The molecule has 1 aromatic carbocycles. The van der Waals surface area contributed by atoms with Crippen molar-refractivity contribution in [2.75, 3.05) is 13.2 Å². The molecule has 2 rings (SSSR count). The Kier molecular flexibility index (Phi) is 6.70. The van der Waals surface area contributed by atoms with Crippen LogP contribution in [-0.2, 0) is 26.1 Å². The Morgan fingerprint density at radius 1 is 1.15 bits per heavy atom. The summed E-state index contributed by atoms with van der Waals surface area (Å²) < 4.78 is 37.2. The average molecular weight is 379 g/mol. The number of sulfonamides is 1. The van der Waals surface area contributed by atoms with Crippen LogP contribution in [0.2, 0.25) is 0 Å². The summed E-state index contributed by atoms with van der Waals surface area (Å²) in [5.41, 5.74) is 0.424. The lowest BCUT2D eigenvalue weighted by Gasteiger charge is -2.21. The number of hydrogen-bond acceptors (Lipinski definition) is 6. The van der Waals surface area contributed by atoms with Gasteiger partial charge in [-0.15, -0.1) is 0 Å². The molecule has 0 unspecified atom stereocenters. The first kappa shape index (κ1) is 19.9. The summed E-state index contributed by atoms with van der Waals surface area (Å²) in [6, 6.07) is 9.01. The quantitative estimate of drug-likeness (QED) is 0.491. The van der Waals surface area contributed by atoms with Crippen molar-refractivity contribution in [3.63, 3.8) is 0 Å². The van der Waals surface area contributed by atoms with Gasteiger partial charge in [-0.1, -0.05) is 12.1 Å². The Morgan fingerprint density at radius 2 is 1.85 bits per heavy atom. The summed E-state index contributed by atoms with van der Waals surface area (Å²) in [6.45, 7) is 3.27. The van der Waals surface area contributed by atoms with E-state index in [-0.39, 0.29) is 36.8 Å². The molecule has 0 aliphatic carbocycles. The van der Waals surface area contributed by atoms with Crippen LogP contribution in [0.5, 0.6) is 0 Å². The maximum atomic E-state index is 13.0. The molecule has 1 aromatic heterocycles. The first-order chi connectivity index (χ1) is 12.3. The monoisotopic (exact) mass is 379 g/mol. The Hall–Kier alpha value is -2.45. The number of ether oxygens (including phenoxy) is 1. The minimum Gasteiger partial charge on any atom is -0.468 e. The topological polar surface area (TPSA) is 93.9 Å². The molecule has 1 heterocycles. The molecule has 26 heavy (non-hydrogen) atoms. The SMILES string of the molecule is CCOC(=O)CCN(Cc1ccco1)S(=O)(=O)c1ccc(C(C)=O)cc1. The molecular weight excluding hydrogens is 358 g/mol. The van der Waals surface area contributed by atoms with E-state index in [1.165, 1.54) is 37.5 Å². The third kappa shape index (κ3) is 5.03. The zero-order valence-electron chi connectivity index (χ0n) is 14.7. The molecule has 0 radical (unpaired) electrons. The van der Waals surface area contributed by atoms with Crippen molar-refractivity contribution >= 4 is 21.8 Å². The molecule has 140 valence electrons. The average Bonchev–Trinajstić information content (AvgIpc) is 3.12. The molecule has 2 aromatic rings. The van der Waals surface area contributed by atoms with Gasteiger partial charge in [0.1, 0.15) is 5.76 Å². The van der Waals surface area contributed by atoms with Crippen molar-refractivity contribution in [1.82, 2.24) is 4.31 Å². The molecule has 0 aliphatic rings. The van der Waals surface area contributed by atoms with Gasteiger partial charge in [0, 0.05) is 12.1 Å². The zero-order valence-corrected chi connectivity index (χ0v) is 15.5. The number of furan rings is 1. The molecule has 0 saturated carbocycles. The molecule has 7 nitrogen and oxygen atoms in total. The molecule has 0 spiro atoms. The van der Waals surface area contributed by atoms with Crippen LogP contribution in [0.15, 0.2) is 52.0 Å². The standard InChI is InChI=1S/C18H21NO6S/c1-3-24-18(21)10-11-19(13-16-5-4-12-25-16)26(22,23)17-8-6-15(7-9-17)14(2)20/h4-9,12H,3,10-11,13H2,1-2H3. The number of rotatable bonds is 9. The smallest absolute Gasteiger partial charge is 0.307 e.